The average molecular weight is 574 g/mol. The highest BCUT2D eigenvalue weighted by Crippen LogP contribution is 2.16. The molecule has 1 amide bonds. The lowest BCUT2D eigenvalue weighted by molar-refractivity contribution is 0.0951. The van der Waals surface area contributed by atoms with Crippen molar-refractivity contribution in [3.63, 3.8) is 0 Å². The van der Waals surface area contributed by atoms with Gasteiger partial charge in [-0.15, -0.1) is 24.0 Å². The second-order valence-corrected chi connectivity index (χ2v) is 8.25. The SMILES string of the molecule is CN=C(NCc1cccc(C(=O)NCCN(C)C)c1)NCc1ccc(F)cc1CSC.I. The average Bonchev–Trinajstić information content (AvgIpc) is 2.75. The van der Waals surface area contributed by atoms with E-state index in [-0.39, 0.29) is 35.7 Å². The van der Waals surface area contributed by atoms with E-state index >= 15 is 0 Å². The Hall–Kier alpha value is -1.85. The van der Waals surface area contributed by atoms with Gasteiger partial charge in [-0.2, -0.15) is 11.8 Å². The van der Waals surface area contributed by atoms with Crippen molar-refractivity contribution in [2.45, 2.75) is 18.8 Å². The minimum Gasteiger partial charge on any atom is -0.352 e. The fraction of sp³-hybridized carbons (Fsp3) is 0.391. The van der Waals surface area contributed by atoms with Gasteiger partial charge >= 0.3 is 0 Å². The Labute approximate surface area is 211 Å². The fourth-order valence-electron chi connectivity index (χ4n) is 2.96. The van der Waals surface area contributed by atoms with Crippen molar-refractivity contribution < 1.29 is 9.18 Å². The van der Waals surface area contributed by atoms with E-state index in [0.29, 0.717) is 31.2 Å². The molecule has 0 bridgehead atoms. The largest absolute Gasteiger partial charge is 0.352 e. The van der Waals surface area contributed by atoms with Crippen LogP contribution in [-0.2, 0) is 18.8 Å². The topological polar surface area (TPSA) is 68.8 Å². The Morgan fingerprint density at radius 2 is 1.81 bits per heavy atom. The molecule has 0 saturated heterocycles. The van der Waals surface area contributed by atoms with Crippen molar-refractivity contribution >= 4 is 47.6 Å². The molecule has 0 aliphatic rings. The van der Waals surface area contributed by atoms with E-state index in [1.807, 2.05) is 49.5 Å². The van der Waals surface area contributed by atoms with E-state index in [9.17, 15) is 9.18 Å². The van der Waals surface area contributed by atoms with Gasteiger partial charge < -0.3 is 20.9 Å². The van der Waals surface area contributed by atoms with Crippen LogP contribution in [0.15, 0.2) is 47.5 Å². The maximum atomic E-state index is 13.5. The van der Waals surface area contributed by atoms with Crippen LogP contribution in [0.4, 0.5) is 4.39 Å². The summed E-state index contributed by atoms with van der Waals surface area (Å²) in [6.45, 7) is 2.47. The van der Waals surface area contributed by atoms with Gasteiger partial charge in [0.1, 0.15) is 5.82 Å². The number of thioether (sulfide) groups is 1. The molecule has 0 heterocycles. The number of aliphatic imine (C=N–C) groups is 1. The highest BCUT2D eigenvalue weighted by Gasteiger charge is 2.08. The van der Waals surface area contributed by atoms with E-state index in [0.717, 1.165) is 29.0 Å². The summed E-state index contributed by atoms with van der Waals surface area (Å²) in [4.78, 5) is 18.6. The molecule has 2 rings (SSSR count). The monoisotopic (exact) mass is 573 g/mol. The number of hydrogen-bond acceptors (Lipinski definition) is 4. The van der Waals surface area contributed by atoms with Crippen molar-refractivity contribution in [1.29, 1.82) is 0 Å². The van der Waals surface area contributed by atoms with E-state index in [4.69, 9.17) is 0 Å². The van der Waals surface area contributed by atoms with Crippen LogP contribution in [0.3, 0.4) is 0 Å². The summed E-state index contributed by atoms with van der Waals surface area (Å²) in [6.07, 6.45) is 2.00. The predicted molar refractivity (Wildman–Crippen MR) is 143 cm³/mol. The second kappa shape index (κ2) is 15.1. The first-order valence-electron chi connectivity index (χ1n) is 10.2. The number of amides is 1. The molecular formula is C23H33FIN5OS. The summed E-state index contributed by atoms with van der Waals surface area (Å²) >= 11 is 1.66. The first-order chi connectivity index (χ1) is 14.9. The van der Waals surface area contributed by atoms with Crippen molar-refractivity contribution in [2.24, 2.45) is 4.99 Å². The van der Waals surface area contributed by atoms with Crippen LogP contribution in [0.5, 0.6) is 0 Å². The lowest BCUT2D eigenvalue weighted by Gasteiger charge is -2.15. The number of nitrogens with one attached hydrogen (secondary N) is 3. The van der Waals surface area contributed by atoms with Gasteiger partial charge in [-0.1, -0.05) is 18.2 Å². The van der Waals surface area contributed by atoms with Gasteiger partial charge in [0.25, 0.3) is 5.91 Å². The molecule has 0 aliphatic heterocycles. The quantitative estimate of drug-likeness (QED) is 0.231. The molecule has 0 unspecified atom stereocenters. The Morgan fingerprint density at radius 1 is 1.06 bits per heavy atom. The molecule has 0 radical (unpaired) electrons. The lowest BCUT2D eigenvalue weighted by Crippen LogP contribution is -2.36. The first-order valence-corrected chi connectivity index (χ1v) is 11.5. The lowest BCUT2D eigenvalue weighted by atomic mass is 10.1. The maximum Gasteiger partial charge on any atom is 0.251 e. The number of guanidine groups is 1. The number of benzene rings is 2. The predicted octanol–water partition coefficient (Wildman–Crippen LogP) is 3.46. The molecule has 0 atom stereocenters. The highest BCUT2D eigenvalue weighted by molar-refractivity contribution is 14.0. The molecule has 176 valence electrons. The Kier molecular flexibility index (Phi) is 13.3. The van der Waals surface area contributed by atoms with E-state index in [1.165, 1.54) is 6.07 Å². The van der Waals surface area contributed by atoms with Gasteiger partial charge in [0.2, 0.25) is 0 Å². The van der Waals surface area contributed by atoms with E-state index in [1.54, 1.807) is 30.9 Å². The number of hydrogen-bond donors (Lipinski definition) is 3. The van der Waals surface area contributed by atoms with Crippen molar-refractivity contribution in [3.8, 4) is 0 Å². The maximum absolute atomic E-state index is 13.5. The van der Waals surface area contributed by atoms with E-state index < -0.39 is 0 Å². The molecule has 9 heteroatoms. The zero-order valence-corrected chi connectivity index (χ0v) is 22.2. The summed E-state index contributed by atoms with van der Waals surface area (Å²) in [6, 6.07) is 12.4. The van der Waals surface area contributed by atoms with Crippen molar-refractivity contribution in [1.82, 2.24) is 20.9 Å². The number of likely N-dealkylation sites (N-methyl/N-ethyl adjacent to an activating group) is 1. The number of rotatable bonds is 10. The standard InChI is InChI=1S/C23H32FN5OS.HI/c1-25-23(28-15-19-8-9-21(24)13-20(19)16-31-4)27-14-17-6-5-7-18(12-17)22(30)26-10-11-29(2)3;/h5-9,12-13H,10-11,14-16H2,1-4H3,(H,26,30)(H2,25,27,28);1H. The zero-order valence-electron chi connectivity index (χ0n) is 19.1. The van der Waals surface area contributed by atoms with Crippen LogP contribution in [0.25, 0.3) is 0 Å². The Bertz CT molecular complexity index is 894. The smallest absolute Gasteiger partial charge is 0.251 e. The molecular weight excluding hydrogens is 540 g/mol. The fourth-order valence-corrected chi connectivity index (χ4v) is 3.54. The molecule has 2 aromatic rings. The van der Waals surface area contributed by atoms with Crippen molar-refractivity contribution in [3.05, 3.63) is 70.5 Å². The van der Waals surface area contributed by atoms with E-state index in [2.05, 4.69) is 20.9 Å². The van der Waals surface area contributed by atoms with Gasteiger partial charge in [0.05, 0.1) is 0 Å². The first kappa shape index (κ1) is 28.2. The zero-order chi connectivity index (χ0) is 22.6. The highest BCUT2D eigenvalue weighted by atomic mass is 127. The molecule has 0 saturated carbocycles. The summed E-state index contributed by atoms with van der Waals surface area (Å²) in [5.74, 6) is 1.09. The molecule has 0 aromatic heterocycles. The Morgan fingerprint density at radius 3 is 2.50 bits per heavy atom. The minimum absolute atomic E-state index is 0. The van der Waals surface area contributed by atoms with Crippen molar-refractivity contribution in [2.75, 3.05) is 40.5 Å². The van der Waals surface area contributed by atoms with Gasteiger partial charge in [-0.05, 0) is 61.3 Å². The van der Waals surface area contributed by atoms with Crippen LogP contribution >= 0.6 is 35.7 Å². The third kappa shape index (κ3) is 9.74. The van der Waals surface area contributed by atoms with Gasteiger partial charge in [0.15, 0.2) is 5.96 Å². The van der Waals surface area contributed by atoms with Crippen LogP contribution in [0.2, 0.25) is 0 Å². The number of nitrogens with zero attached hydrogens (tertiary/aromatic N) is 2. The van der Waals surface area contributed by atoms with Crippen LogP contribution in [0, 0.1) is 5.82 Å². The second-order valence-electron chi connectivity index (χ2n) is 7.38. The van der Waals surface area contributed by atoms with Gasteiger partial charge in [-0.3, -0.25) is 9.79 Å². The van der Waals surface area contributed by atoms with Crippen LogP contribution in [0.1, 0.15) is 27.0 Å². The molecule has 0 fully saturated rings. The summed E-state index contributed by atoms with van der Waals surface area (Å²) in [7, 11) is 5.65. The summed E-state index contributed by atoms with van der Waals surface area (Å²) < 4.78 is 13.5. The van der Waals surface area contributed by atoms with Gasteiger partial charge in [-0.25, -0.2) is 4.39 Å². The number of carbonyl (C=O) groups excluding carboxylic acids is 1. The number of halogens is 2. The third-order valence-electron chi connectivity index (χ3n) is 4.63. The van der Waals surface area contributed by atoms with Gasteiger partial charge in [0, 0.05) is 44.5 Å². The molecule has 6 nitrogen and oxygen atoms in total. The molecule has 0 aliphatic carbocycles. The van der Waals surface area contributed by atoms with Crippen LogP contribution < -0.4 is 16.0 Å². The normalized spacial score (nSPS) is 11.1. The Balaban J connectivity index is 0.00000512. The molecule has 2 aromatic carbocycles. The molecule has 0 spiro atoms. The third-order valence-corrected chi connectivity index (χ3v) is 5.23. The minimum atomic E-state index is -0.221. The molecule has 32 heavy (non-hydrogen) atoms. The molecule has 3 N–H and O–H groups in total. The summed E-state index contributed by atoms with van der Waals surface area (Å²) in [5.41, 5.74) is 3.63. The van der Waals surface area contributed by atoms with Crippen LogP contribution in [-0.4, -0.2) is 57.3 Å². The number of carbonyl (C=O) groups is 1. The summed E-state index contributed by atoms with van der Waals surface area (Å²) in [5, 5.41) is 9.46.